The van der Waals surface area contributed by atoms with Crippen LogP contribution in [0.1, 0.15) is 6.92 Å². The molecular formula is C28H7B. The molecule has 0 aliphatic carbocycles. The van der Waals surface area contributed by atoms with Crippen LogP contribution in [0, 0.1) is 154 Å². The summed E-state index contributed by atoms with van der Waals surface area (Å²) in [5.74, 6) is 66.1. The molecule has 122 valence electrons. The van der Waals surface area contributed by atoms with E-state index in [1.165, 1.54) is 0 Å². The summed E-state index contributed by atoms with van der Waals surface area (Å²) in [6, 6.07) is 0. The Hall–Kier alpha value is -5.66. The zero-order valence-electron chi connectivity index (χ0n) is 15.7. The average molecular weight is 354 g/mol. The van der Waals surface area contributed by atoms with Gasteiger partial charge in [0.05, 0.1) is 0 Å². The summed E-state index contributed by atoms with van der Waals surface area (Å²) in [4.78, 5) is 0. The highest BCUT2D eigenvalue weighted by atomic mass is 13.6. The van der Waals surface area contributed by atoms with Gasteiger partial charge < -0.3 is 0 Å². The van der Waals surface area contributed by atoms with Crippen LogP contribution in [0.3, 0.4) is 0 Å². The van der Waals surface area contributed by atoms with Crippen molar-refractivity contribution in [2.45, 2.75) is 13.2 Å². The maximum Gasteiger partial charge on any atom is 0.116 e. The molecule has 0 saturated heterocycles. The zero-order valence-corrected chi connectivity index (χ0v) is 15.7. The van der Waals surface area contributed by atoms with Crippen LogP contribution in [-0.4, -0.2) is 7.85 Å². The lowest BCUT2D eigenvalue weighted by atomic mass is 10.1. The molecule has 0 N–H and O–H groups in total. The van der Waals surface area contributed by atoms with E-state index in [-0.39, 0.29) is 0 Å². The Kier molecular flexibility index (Phi) is 18.0. The van der Waals surface area contributed by atoms with E-state index >= 15 is 0 Å². The minimum absolute atomic E-state index is 0.766. The van der Waals surface area contributed by atoms with Crippen molar-refractivity contribution in [1.82, 2.24) is 0 Å². The van der Waals surface area contributed by atoms with Gasteiger partial charge in [0.1, 0.15) is 7.85 Å². The molecule has 0 nitrogen and oxygen atoms in total. The molecule has 0 unspecified atom stereocenters. The third-order valence-electron chi connectivity index (χ3n) is 1.83. The molecular weight excluding hydrogens is 347 g/mol. The van der Waals surface area contributed by atoms with E-state index in [1.54, 1.807) is 6.92 Å². The first-order valence-electron chi connectivity index (χ1n) is 7.81. The molecule has 0 fully saturated rings. The van der Waals surface area contributed by atoms with Crippen LogP contribution >= 0.6 is 0 Å². The van der Waals surface area contributed by atoms with Crippen molar-refractivity contribution < 1.29 is 0 Å². The summed E-state index contributed by atoms with van der Waals surface area (Å²) in [7, 11) is 1.95. The second kappa shape index (κ2) is 22.3. The van der Waals surface area contributed by atoms with E-state index in [0.717, 1.165) is 6.32 Å². The fraction of sp³-hybridized carbons (Fsp3) is 0.0714. The second-order valence-corrected chi connectivity index (χ2v) is 3.78. The van der Waals surface area contributed by atoms with Gasteiger partial charge in [-0.05, 0) is 108 Å². The normalized spacial score (nSPS) is 4.17. The first kappa shape index (κ1) is 23.3. The summed E-state index contributed by atoms with van der Waals surface area (Å²) in [5.41, 5.74) is 0. The van der Waals surface area contributed by atoms with Crippen molar-refractivity contribution in [3.63, 3.8) is 0 Å². The summed E-state index contributed by atoms with van der Waals surface area (Å²) >= 11 is 0. The van der Waals surface area contributed by atoms with Gasteiger partial charge in [-0.3, -0.25) is 0 Å². The third kappa shape index (κ3) is 22.3. The Morgan fingerprint density at radius 1 is 0.345 bits per heavy atom. The van der Waals surface area contributed by atoms with Crippen molar-refractivity contribution in [3.05, 3.63) is 0 Å². The van der Waals surface area contributed by atoms with Gasteiger partial charge in [-0.15, -0.1) is 0 Å². The van der Waals surface area contributed by atoms with Gasteiger partial charge >= 0.3 is 0 Å². The molecule has 0 atom stereocenters. The molecule has 0 heterocycles. The molecule has 0 radical (unpaired) electrons. The van der Waals surface area contributed by atoms with Crippen LogP contribution in [-0.2, 0) is 0 Å². The standard InChI is InChI=1S/C28H7B/c1-2-3-4-5-6-7-8-9-10-11-12-13-14-15-16-17-18-19-20-21-22-23-24-25-26-27-28-29/h28-29H2,1H3. The Morgan fingerprint density at radius 3 is 0.759 bits per heavy atom. The molecule has 1 heteroatoms. The van der Waals surface area contributed by atoms with Gasteiger partial charge in [-0.1, -0.05) is 11.8 Å². The molecule has 0 aromatic heterocycles. The molecule has 0 saturated carbocycles. The molecule has 0 bridgehead atoms. The first-order chi connectivity index (χ1) is 14.4. The summed E-state index contributed by atoms with van der Waals surface area (Å²) in [6.07, 6.45) is 0.766. The Labute approximate surface area is 175 Å². The minimum atomic E-state index is 0.766. The van der Waals surface area contributed by atoms with Gasteiger partial charge in [0, 0.05) is 47.4 Å². The molecule has 0 aliphatic heterocycles. The second-order valence-electron chi connectivity index (χ2n) is 3.78. The Balaban J connectivity index is 4.43. The summed E-state index contributed by atoms with van der Waals surface area (Å²) in [5, 5.41) is 0. The van der Waals surface area contributed by atoms with Crippen LogP contribution in [0.15, 0.2) is 0 Å². The minimum Gasteiger partial charge on any atom is -0.0979 e. The fourth-order valence-electron chi connectivity index (χ4n) is 0.883. The van der Waals surface area contributed by atoms with Crippen LogP contribution < -0.4 is 0 Å². The van der Waals surface area contributed by atoms with Crippen molar-refractivity contribution in [2.75, 3.05) is 0 Å². The molecule has 0 amide bonds. The van der Waals surface area contributed by atoms with Crippen LogP contribution in [0.25, 0.3) is 0 Å². The lowest BCUT2D eigenvalue weighted by molar-refractivity contribution is 1.88. The molecule has 0 spiro atoms. The highest BCUT2D eigenvalue weighted by Crippen LogP contribution is 1.62. The van der Waals surface area contributed by atoms with Crippen molar-refractivity contribution >= 4 is 7.85 Å². The smallest absolute Gasteiger partial charge is 0.0979 e. The van der Waals surface area contributed by atoms with Crippen molar-refractivity contribution in [2.24, 2.45) is 0 Å². The van der Waals surface area contributed by atoms with E-state index in [4.69, 9.17) is 0 Å². The molecule has 29 heavy (non-hydrogen) atoms. The van der Waals surface area contributed by atoms with Gasteiger partial charge in [-0.2, -0.15) is 0 Å². The molecule has 0 aliphatic rings. The molecule has 0 aromatic rings. The van der Waals surface area contributed by atoms with Gasteiger partial charge in [0.2, 0.25) is 0 Å². The maximum atomic E-state index is 2.81. The number of hydrogen-bond donors (Lipinski definition) is 0. The van der Waals surface area contributed by atoms with E-state index < -0.39 is 0 Å². The zero-order chi connectivity index (χ0) is 21.1. The largest absolute Gasteiger partial charge is 0.116 e. The van der Waals surface area contributed by atoms with Gasteiger partial charge in [0.25, 0.3) is 0 Å². The van der Waals surface area contributed by atoms with E-state index in [9.17, 15) is 0 Å². The highest BCUT2D eigenvalue weighted by Gasteiger charge is 1.60. The molecule has 0 rings (SSSR count). The third-order valence-corrected chi connectivity index (χ3v) is 1.83. The van der Waals surface area contributed by atoms with Crippen molar-refractivity contribution in [1.29, 1.82) is 0 Å². The summed E-state index contributed by atoms with van der Waals surface area (Å²) < 4.78 is 0. The quantitative estimate of drug-likeness (QED) is 0.428. The van der Waals surface area contributed by atoms with Gasteiger partial charge in [0.15, 0.2) is 0 Å². The Bertz CT molecular complexity index is 1450. The predicted molar refractivity (Wildman–Crippen MR) is 120 cm³/mol. The lowest BCUT2D eigenvalue weighted by Gasteiger charge is -1.59. The summed E-state index contributed by atoms with van der Waals surface area (Å²) in [6.45, 7) is 1.70. The van der Waals surface area contributed by atoms with Gasteiger partial charge in [-0.25, -0.2) is 0 Å². The van der Waals surface area contributed by atoms with Crippen LogP contribution in [0.2, 0.25) is 6.32 Å². The van der Waals surface area contributed by atoms with Crippen LogP contribution in [0.4, 0.5) is 0 Å². The topological polar surface area (TPSA) is 0 Å². The SMILES string of the molecule is BCC#CC#CC#CC#CC#CC#CC#CC#CC#CC#CC#CC#CC#CC. The molecule has 0 aromatic carbocycles. The van der Waals surface area contributed by atoms with E-state index in [1.807, 2.05) is 7.85 Å². The van der Waals surface area contributed by atoms with Crippen molar-refractivity contribution in [3.8, 4) is 154 Å². The van der Waals surface area contributed by atoms with E-state index in [2.05, 4.69) is 154 Å². The van der Waals surface area contributed by atoms with E-state index in [0.29, 0.717) is 0 Å². The lowest BCUT2D eigenvalue weighted by Crippen LogP contribution is -1.58. The average Bonchev–Trinajstić information content (AvgIpc) is 2.74. The Morgan fingerprint density at radius 2 is 0.552 bits per heavy atom. The number of rotatable bonds is 0. The first-order valence-corrected chi connectivity index (χ1v) is 7.81. The predicted octanol–water partition coefficient (Wildman–Crippen LogP) is 0.102. The fourth-order valence-corrected chi connectivity index (χ4v) is 0.883. The highest BCUT2D eigenvalue weighted by molar-refractivity contribution is 6.10. The monoisotopic (exact) mass is 354 g/mol. The number of hydrogen-bond acceptors (Lipinski definition) is 0. The van der Waals surface area contributed by atoms with Crippen LogP contribution in [0.5, 0.6) is 0 Å². The maximum absolute atomic E-state index is 2.81.